The van der Waals surface area contributed by atoms with Crippen LogP contribution in [0, 0.1) is 5.82 Å². The molecular formula is C20H23FN4O2. The molecule has 1 fully saturated rings. The number of carbonyl (C=O) groups excluding carboxylic acids is 2. The summed E-state index contributed by atoms with van der Waals surface area (Å²) in [7, 11) is 1.58. The van der Waals surface area contributed by atoms with E-state index >= 15 is 0 Å². The summed E-state index contributed by atoms with van der Waals surface area (Å²) >= 11 is 0. The maximum Gasteiger partial charge on any atom is 0.246 e. The Kier molecular flexibility index (Phi) is 5.69. The molecule has 1 N–H and O–H groups in total. The van der Waals surface area contributed by atoms with E-state index in [1.165, 1.54) is 23.1 Å². The first-order valence-corrected chi connectivity index (χ1v) is 8.97. The molecule has 7 heteroatoms. The monoisotopic (exact) mass is 370 g/mol. The summed E-state index contributed by atoms with van der Waals surface area (Å²) in [6, 6.07) is 6.11. The van der Waals surface area contributed by atoms with Crippen LogP contribution in [-0.4, -0.2) is 51.7 Å². The highest BCUT2D eigenvalue weighted by molar-refractivity contribution is 5.90. The van der Waals surface area contributed by atoms with E-state index < -0.39 is 0 Å². The molecule has 2 aromatic rings. The zero-order chi connectivity index (χ0) is 19.4. The molecule has 2 heterocycles. The third-order valence-corrected chi connectivity index (χ3v) is 4.79. The third kappa shape index (κ3) is 4.24. The first-order chi connectivity index (χ1) is 13.0. The highest BCUT2D eigenvalue weighted by Crippen LogP contribution is 2.30. The highest BCUT2D eigenvalue weighted by atomic mass is 19.1. The third-order valence-electron chi connectivity index (χ3n) is 4.79. The van der Waals surface area contributed by atoms with Crippen LogP contribution in [0.3, 0.4) is 0 Å². The molecule has 2 amide bonds. The number of aromatic nitrogens is 2. The number of carbonyl (C=O) groups is 2. The molecule has 1 aliphatic rings. The normalized spacial score (nSPS) is 16.8. The van der Waals surface area contributed by atoms with Crippen molar-refractivity contribution in [1.82, 2.24) is 19.8 Å². The number of likely N-dealkylation sites (N-methyl/N-ethyl adjacent to an activating group) is 1. The number of imidazole rings is 1. The molecule has 0 saturated carbocycles. The molecule has 1 atom stereocenters. The smallest absolute Gasteiger partial charge is 0.246 e. The van der Waals surface area contributed by atoms with Crippen molar-refractivity contribution in [3.05, 3.63) is 54.8 Å². The lowest BCUT2D eigenvalue weighted by Crippen LogP contribution is -2.44. The second kappa shape index (κ2) is 8.16. The Balaban J connectivity index is 1.78. The molecule has 1 aromatic heterocycles. The van der Waals surface area contributed by atoms with Gasteiger partial charge in [-0.2, -0.15) is 0 Å². The molecule has 0 aliphatic carbocycles. The average Bonchev–Trinajstić information content (AvgIpc) is 3.17. The largest absolute Gasteiger partial charge is 0.340 e. The molecular weight excluding hydrogens is 347 g/mol. The van der Waals surface area contributed by atoms with Crippen molar-refractivity contribution in [3.63, 3.8) is 0 Å². The van der Waals surface area contributed by atoms with E-state index in [-0.39, 0.29) is 30.2 Å². The van der Waals surface area contributed by atoms with Crippen molar-refractivity contribution in [3.8, 4) is 11.3 Å². The number of aromatic amines is 1. The lowest BCUT2D eigenvalue weighted by atomic mass is 10.0. The van der Waals surface area contributed by atoms with Crippen molar-refractivity contribution >= 4 is 11.8 Å². The van der Waals surface area contributed by atoms with Crippen molar-refractivity contribution in [2.45, 2.75) is 25.3 Å². The number of piperidine rings is 1. The number of hydrogen-bond acceptors (Lipinski definition) is 3. The minimum atomic E-state index is -0.312. The van der Waals surface area contributed by atoms with E-state index in [0.717, 1.165) is 19.3 Å². The first kappa shape index (κ1) is 18.8. The van der Waals surface area contributed by atoms with Crippen LogP contribution in [-0.2, 0) is 9.59 Å². The number of amides is 2. The van der Waals surface area contributed by atoms with Gasteiger partial charge in [0.2, 0.25) is 11.8 Å². The first-order valence-electron chi connectivity index (χ1n) is 8.97. The lowest BCUT2D eigenvalue weighted by molar-refractivity contribution is -0.140. The van der Waals surface area contributed by atoms with Crippen LogP contribution in [0.5, 0.6) is 0 Å². The fourth-order valence-corrected chi connectivity index (χ4v) is 3.35. The van der Waals surface area contributed by atoms with Crippen LogP contribution in [0.4, 0.5) is 4.39 Å². The van der Waals surface area contributed by atoms with Gasteiger partial charge in [0.25, 0.3) is 0 Å². The number of nitrogens with zero attached hydrogens (tertiary/aromatic N) is 3. The van der Waals surface area contributed by atoms with E-state index in [1.54, 1.807) is 30.3 Å². The maximum absolute atomic E-state index is 13.5. The van der Waals surface area contributed by atoms with E-state index in [4.69, 9.17) is 0 Å². The van der Waals surface area contributed by atoms with Gasteiger partial charge in [-0.15, -0.1) is 0 Å². The van der Waals surface area contributed by atoms with Gasteiger partial charge < -0.3 is 14.8 Å². The molecule has 142 valence electrons. The molecule has 3 rings (SSSR count). The minimum absolute atomic E-state index is 0.00118. The summed E-state index contributed by atoms with van der Waals surface area (Å²) in [4.78, 5) is 35.2. The van der Waals surface area contributed by atoms with Crippen molar-refractivity contribution < 1.29 is 14.0 Å². The summed E-state index contributed by atoms with van der Waals surface area (Å²) in [6.45, 7) is 4.06. The standard InChI is InChI=1S/C20H23FN4O2/c1-3-18(26)24(2)13-19(27)25-10-5-4-9-17(25)20-22-12-16(23-20)14-7-6-8-15(21)11-14/h3,6-8,11-12,17H,1,4-5,9-10,13H2,2H3,(H,22,23). The lowest BCUT2D eigenvalue weighted by Gasteiger charge is -2.35. The van der Waals surface area contributed by atoms with Crippen LogP contribution in [0.2, 0.25) is 0 Å². The summed E-state index contributed by atoms with van der Waals surface area (Å²) in [5, 5.41) is 0. The number of H-pyrrole nitrogens is 1. The van der Waals surface area contributed by atoms with Crippen LogP contribution in [0.1, 0.15) is 31.1 Å². The van der Waals surface area contributed by atoms with Gasteiger partial charge >= 0.3 is 0 Å². The van der Waals surface area contributed by atoms with E-state index in [2.05, 4.69) is 16.5 Å². The topological polar surface area (TPSA) is 69.3 Å². The zero-order valence-electron chi connectivity index (χ0n) is 15.3. The SMILES string of the molecule is C=CC(=O)N(C)CC(=O)N1CCCCC1c1ncc(-c2cccc(F)c2)[nH]1. The van der Waals surface area contributed by atoms with Gasteiger partial charge in [0.15, 0.2) is 0 Å². The molecule has 27 heavy (non-hydrogen) atoms. The van der Waals surface area contributed by atoms with Gasteiger partial charge in [-0.3, -0.25) is 9.59 Å². The molecule has 1 unspecified atom stereocenters. The van der Waals surface area contributed by atoms with Crippen molar-refractivity contribution in [1.29, 1.82) is 0 Å². The number of likely N-dealkylation sites (tertiary alicyclic amines) is 1. The summed E-state index contributed by atoms with van der Waals surface area (Å²) in [5.74, 6) is -0.0440. The molecule has 1 aromatic carbocycles. The Labute approximate surface area is 157 Å². The van der Waals surface area contributed by atoms with Gasteiger partial charge in [0.05, 0.1) is 24.5 Å². The summed E-state index contributed by atoms with van der Waals surface area (Å²) in [5.41, 5.74) is 1.42. The Morgan fingerprint density at radius 2 is 2.26 bits per heavy atom. The number of rotatable bonds is 5. The molecule has 0 bridgehead atoms. The van der Waals surface area contributed by atoms with Crippen molar-refractivity contribution in [2.75, 3.05) is 20.1 Å². The second-order valence-corrected chi connectivity index (χ2v) is 6.69. The minimum Gasteiger partial charge on any atom is -0.340 e. The van der Waals surface area contributed by atoms with Gasteiger partial charge in [-0.25, -0.2) is 9.37 Å². The number of nitrogens with one attached hydrogen (secondary N) is 1. The average molecular weight is 370 g/mol. The van der Waals surface area contributed by atoms with Crippen LogP contribution < -0.4 is 0 Å². The molecule has 0 radical (unpaired) electrons. The van der Waals surface area contributed by atoms with Crippen LogP contribution >= 0.6 is 0 Å². The Morgan fingerprint density at radius 3 is 3.00 bits per heavy atom. The molecule has 1 aliphatic heterocycles. The Hall–Kier alpha value is -2.96. The molecule has 0 spiro atoms. The van der Waals surface area contributed by atoms with Crippen molar-refractivity contribution in [2.24, 2.45) is 0 Å². The second-order valence-electron chi connectivity index (χ2n) is 6.69. The summed E-state index contributed by atoms with van der Waals surface area (Å²) in [6.07, 6.45) is 5.55. The predicted molar refractivity (Wildman–Crippen MR) is 100 cm³/mol. The number of halogens is 1. The quantitative estimate of drug-likeness (QED) is 0.823. The molecule has 6 nitrogen and oxygen atoms in total. The summed E-state index contributed by atoms with van der Waals surface area (Å²) < 4.78 is 13.5. The van der Waals surface area contributed by atoms with E-state index in [9.17, 15) is 14.0 Å². The van der Waals surface area contributed by atoms with E-state index in [0.29, 0.717) is 23.6 Å². The number of hydrogen-bond donors (Lipinski definition) is 1. The zero-order valence-corrected chi connectivity index (χ0v) is 15.3. The van der Waals surface area contributed by atoms with Crippen LogP contribution in [0.25, 0.3) is 11.3 Å². The van der Waals surface area contributed by atoms with Gasteiger partial charge in [-0.05, 0) is 37.5 Å². The van der Waals surface area contributed by atoms with Gasteiger partial charge in [-0.1, -0.05) is 18.7 Å². The van der Waals surface area contributed by atoms with Crippen LogP contribution in [0.15, 0.2) is 43.1 Å². The maximum atomic E-state index is 13.5. The van der Waals surface area contributed by atoms with E-state index in [1.807, 2.05) is 0 Å². The fourth-order valence-electron chi connectivity index (χ4n) is 3.35. The Bertz CT molecular complexity index is 848. The predicted octanol–water partition coefficient (Wildman–Crippen LogP) is 2.91. The fraction of sp³-hybridized carbons (Fsp3) is 0.350. The van der Waals surface area contributed by atoms with Gasteiger partial charge in [0.1, 0.15) is 11.6 Å². The Morgan fingerprint density at radius 1 is 1.44 bits per heavy atom. The number of benzene rings is 1. The molecule has 1 saturated heterocycles. The van der Waals surface area contributed by atoms with Gasteiger partial charge in [0, 0.05) is 19.2 Å². The highest BCUT2D eigenvalue weighted by Gasteiger charge is 2.30.